The van der Waals surface area contributed by atoms with Crippen LogP contribution in [0.15, 0.2) is 64.2 Å². The van der Waals surface area contributed by atoms with Crippen LogP contribution < -0.4 is 5.43 Å². The van der Waals surface area contributed by atoms with Crippen LogP contribution in [-0.4, -0.2) is 21.8 Å². The molecule has 0 fully saturated rings. The molecule has 2 N–H and O–H groups in total. The molecule has 0 atom stereocenters. The van der Waals surface area contributed by atoms with Gasteiger partial charge in [-0.3, -0.25) is 4.79 Å². The fourth-order valence-electron chi connectivity index (χ4n) is 2.69. The van der Waals surface area contributed by atoms with E-state index in [-0.39, 0.29) is 11.7 Å². The first-order valence-corrected chi connectivity index (χ1v) is 8.82. The van der Waals surface area contributed by atoms with E-state index < -0.39 is 0 Å². The van der Waals surface area contributed by atoms with Crippen LogP contribution in [0.2, 0.25) is 0 Å². The van der Waals surface area contributed by atoms with Crippen LogP contribution in [-0.2, 0) is 0 Å². The molecular weight excluding hydrogens is 394 g/mol. The lowest BCUT2D eigenvalue weighted by Crippen LogP contribution is -2.17. The number of phenols is 1. The van der Waals surface area contributed by atoms with Crippen LogP contribution >= 0.6 is 15.9 Å². The Labute approximate surface area is 160 Å². The molecule has 0 saturated heterocycles. The van der Waals surface area contributed by atoms with Gasteiger partial charge < -0.3 is 9.67 Å². The third-order valence-corrected chi connectivity index (χ3v) is 4.51. The van der Waals surface area contributed by atoms with Crippen molar-refractivity contribution in [3.8, 4) is 11.4 Å². The number of phenolic OH excluding ortho intramolecular Hbond substituents is 1. The minimum absolute atomic E-state index is 0.0908. The van der Waals surface area contributed by atoms with Gasteiger partial charge in [0.25, 0.3) is 5.91 Å². The van der Waals surface area contributed by atoms with Crippen molar-refractivity contribution in [2.45, 2.75) is 13.8 Å². The Morgan fingerprint density at radius 3 is 2.38 bits per heavy atom. The number of aryl methyl sites for hydroxylation is 2. The highest BCUT2D eigenvalue weighted by molar-refractivity contribution is 9.10. The van der Waals surface area contributed by atoms with E-state index in [9.17, 15) is 9.90 Å². The summed E-state index contributed by atoms with van der Waals surface area (Å²) in [4.78, 5) is 12.2. The third kappa shape index (κ3) is 3.86. The fourth-order valence-corrected chi connectivity index (χ4v) is 3.07. The Kier molecular flexibility index (Phi) is 5.23. The quantitative estimate of drug-likeness (QED) is 0.495. The van der Waals surface area contributed by atoms with E-state index in [4.69, 9.17) is 0 Å². The van der Waals surface area contributed by atoms with E-state index in [2.05, 4.69) is 43.2 Å². The second-order valence-electron chi connectivity index (χ2n) is 5.90. The smallest absolute Gasteiger partial charge is 0.271 e. The second-order valence-corrected chi connectivity index (χ2v) is 6.82. The van der Waals surface area contributed by atoms with Crippen LogP contribution in [0.4, 0.5) is 0 Å². The van der Waals surface area contributed by atoms with Crippen LogP contribution in [0.1, 0.15) is 27.3 Å². The first-order valence-electron chi connectivity index (χ1n) is 8.03. The van der Waals surface area contributed by atoms with E-state index in [0.717, 1.165) is 21.5 Å². The van der Waals surface area contributed by atoms with Crippen LogP contribution in [0.5, 0.6) is 5.75 Å². The number of nitrogens with one attached hydrogen (secondary N) is 1. The van der Waals surface area contributed by atoms with E-state index >= 15 is 0 Å². The molecule has 1 aromatic heterocycles. The minimum Gasteiger partial charge on any atom is -0.507 e. The number of carbonyl (C=O) groups is 1. The molecule has 0 bridgehead atoms. The zero-order valence-electron chi connectivity index (χ0n) is 14.4. The summed E-state index contributed by atoms with van der Waals surface area (Å²) in [6.07, 6.45) is 1.40. The molecule has 1 heterocycles. The number of nitrogens with zero attached hydrogens (tertiary/aromatic N) is 2. The van der Waals surface area contributed by atoms with Crippen molar-refractivity contribution in [3.05, 3.63) is 81.6 Å². The van der Waals surface area contributed by atoms with Crippen molar-refractivity contribution in [2.75, 3.05) is 0 Å². The monoisotopic (exact) mass is 411 g/mol. The van der Waals surface area contributed by atoms with Crippen LogP contribution in [0.25, 0.3) is 5.69 Å². The topological polar surface area (TPSA) is 66.6 Å². The van der Waals surface area contributed by atoms with Crippen molar-refractivity contribution in [1.29, 1.82) is 0 Å². The zero-order valence-corrected chi connectivity index (χ0v) is 16.0. The summed E-state index contributed by atoms with van der Waals surface area (Å²) in [7, 11) is 0. The van der Waals surface area contributed by atoms with Gasteiger partial charge in [-0.2, -0.15) is 5.10 Å². The highest BCUT2D eigenvalue weighted by Gasteiger charge is 2.07. The van der Waals surface area contributed by atoms with Gasteiger partial charge in [-0.25, -0.2) is 5.43 Å². The number of hydrogen-bond donors (Lipinski definition) is 2. The zero-order chi connectivity index (χ0) is 18.7. The Morgan fingerprint density at radius 1 is 1.08 bits per heavy atom. The van der Waals surface area contributed by atoms with Crippen LogP contribution in [0.3, 0.4) is 0 Å². The van der Waals surface area contributed by atoms with Gasteiger partial charge in [0.15, 0.2) is 0 Å². The normalized spacial score (nSPS) is 11.0. The predicted molar refractivity (Wildman–Crippen MR) is 106 cm³/mol. The summed E-state index contributed by atoms with van der Waals surface area (Å²) >= 11 is 3.32. The van der Waals surface area contributed by atoms with E-state index in [0.29, 0.717) is 11.1 Å². The molecule has 3 aromatic rings. The predicted octanol–water partition coefficient (Wildman–Crippen LogP) is 4.33. The average molecular weight is 412 g/mol. The molecule has 132 valence electrons. The van der Waals surface area contributed by atoms with Crippen LogP contribution in [0, 0.1) is 13.8 Å². The molecule has 5 nitrogen and oxygen atoms in total. The lowest BCUT2D eigenvalue weighted by Gasteiger charge is -2.10. The molecular formula is C20H18BrN3O2. The van der Waals surface area contributed by atoms with Gasteiger partial charge in [0.1, 0.15) is 5.75 Å². The first-order chi connectivity index (χ1) is 12.5. The summed E-state index contributed by atoms with van der Waals surface area (Å²) in [5.74, 6) is -0.226. The van der Waals surface area contributed by atoms with Gasteiger partial charge in [-0.15, -0.1) is 0 Å². The number of aromatic hydroxyl groups is 1. The van der Waals surface area contributed by atoms with Gasteiger partial charge in [-0.1, -0.05) is 15.9 Å². The summed E-state index contributed by atoms with van der Waals surface area (Å²) in [6.45, 7) is 4.08. The number of benzene rings is 2. The van der Waals surface area contributed by atoms with E-state index in [1.165, 1.54) is 6.21 Å². The molecule has 26 heavy (non-hydrogen) atoms. The largest absolute Gasteiger partial charge is 0.507 e. The third-order valence-electron chi connectivity index (χ3n) is 4.02. The molecule has 0 aliphatic heterocycles. The molecule has 2 aromatic carbocycles. The SMILES string of the molecule is Cc1ccc(C)n1-c1ccc(C(=O)N/N=C\c2cc(Br)ccc2O)cc1. The first kappa shape index (κ1) is 17.9. The molecule has 0 unspecified atom stereocenters. The summed E-state index contributed by atoms with van der Waals surface area (Å²) in [5.41, 5.74) is 6.76. The maximum absolute atomic E-state index is 12.2. The number of aromatic nitrogens is 1. The van der Waals surface area contributed by atoms with E-state index in [1.807, 2.05) is 26.0 Å². The minimum atomic E-state index is -0.316. The van der Waals surface area contributed by atoms with E-state index in [1.54, 1.807) is 30.3 Å². The highest BCUT2D eigenvalue weighted by atomic mass is 79.9. The Hall–Kier alpha value is -2.86. The second kappa shape index (κ2) is 7.58. The number of carbonyl (C=O) groups excluding carboxylic acids is 1. The molecule has 0 aliphatic carbocycles. The standard InChI is InChI=1S/C20H18BrN3O2/c1-13-3-4-14(2)24(13)18-8-5-15(6-9-18)20(26)23-22-12-16-11-17(21)7-10-19(16)25/h3-12,25H,1-2H3,(H,23,26)/b22-12-. The van der Waals surface area contributed by atoms with Crippen molar-refractivity contribution in [3.63, 3.8) is 0 Å². The number of rotatable bonds is 4. The number of hydrogen-bond acceptors (Lipinski definition) is 3. The molecule has 0 saturated carbocycles. The van der Waals surface area contributed by atoms with Gasteiger partial charge in [0.05, 0.1) is 6.21 Å². The van der Waals surface area contributed by atoms with Crippen molar-refractivity contribution >= 4 is 28.1 Å². The van der Waals surface area contributed by atoms with Gasteiger partial charge >= 0.3 is 0 Å². The highest BCUT2D eigenvalue weighted by Crippen LogP contribution is 2.20. The molecule has 6 heteroatoms. The summed E-state index contributed by atoms with van der Waals surface area (Å²) < 4.78 is 2.94. The van der Waals surface area contributed by atoms with Gasteiger partial charge in [-0.05, 0) is 68.4 Å². The molecule has 0 spiro atoms. The Bertz CT molecular complexity index is 956. The van der Waals surface area contributed by atoms with Crippen molar-refractivity contribution in [2.24, 2.45) is 5.10 Å². The summed E-state index contributed by atoms with van der Waals surface area (Å²) in [5, 5.41) is 13.7. The average Bonchev–Trinajstić information content (AvgIpc) is 2.96. The fraction of sp³-hybridized carbons (Fsp3) is 0.100. The van der Waals surface area contributed by atoms with Gasteiger partial charge in [0, 0.05) is 32.7 Å². The molecule has 0 radical (unpaired) electrons. The maximum atomic E-state index is 12.2. The molecule has 1 amide bonds. The van der Waals surface area contributed by atoms with Gasteiger partial charge in [0.2, 0.25) is 0 Å². The van der Waals surface area contributed by atoms with Crippen molar-refractivity contribution in [1.82, 2.24) is 9.99 Å². The Morgan fingerprint density at radius 2 is 1.73 bits per heavy atom. The lowest BCUT2D eigenvalue weighted by molar-refractivity contribution is 0.0955. The molecule has 3 rings (SSSR count). The maximum Gasteiger partial charge on any atom is 0.271 e. The molecule has 0 aliphatic rings. The number of amides is 1. The lowest BCUT2D eigenvalue weighted by atomic mass is 10.2. The van der Waals surface area contributed by atoms with Crippen molar-refractivity contribution < 1.29 is 9.90 Å². The number of hydrazone groups is 1. The summed E-state index contributed by atoms with van der Waals surface area (Å²) in [6, 6.07) is 16.4. The number of halogens is 1. The Balaban J connectivity index is 1.71.